The van der Waals surface area contributed by atoms with Crippen LogP contribution in [0.3, 0.4) is 0 Å². The number of rotatable bonds is 2. The summed E-state index contributed by atoms with van der Waals surface area (Å²) in [5.41, 5.74) is 0.810. The molecule has 3 heteroatoms. The van der Waals surface area contributed by atoms with Crippen LogP contribution >= 0.6 is 33.9 Å². The van der Waals surface area contributed by atoms with Gasteiger partial charge in [0.05, 0.1) is 0 Å². The summed E-state index contributed by atoms with van der Waals surface area (Å²) in [6.45, 7) is 2.15. The van der Waals surface area contributed by atoms with Gasteiger partial charge in [0.2, 0.25) is 0 Å². The van der Waals surface area contributed by atoms with Gasteiger partial charge in [-0.15, -0.1) is 11.3 Å². The van der Waals surface area contributed by atoms with Crippen LogP contribution in [-0.4, -0.2) is 6.29 Å². The molecule has 0 unspecified atom stereocenters. The molecule has 0 saturated heterocycles. The van der Waals surface area contributed by atoms with E-state index >= 15 is 0 Å². The maximum atomic E-state index is 10.8. The standard InChI is InChI=1S/C11H9IOS/c1-2-9-10(12)8-5-3-4-7(6-13)11(8)14-9/h3-6H,2H2,1H3. The second-order valence-corrected chi connectivity index (χ2v) is 5.22. The van der Waals surface area contributed by atoms with Gasteiger partial charge in [0.25, 0.3) is 0 Å². The van der Waals surface area contributed by atoms with Crippen LogP contribution in [0.4, 0.5) is 0 Å². The Morgan fingerprint density at radius 1 is 1.50 bits per heavy atom. The van der Waals surface area contributed by atoms with Crippen LogP contribution in [-0.2, 0) is 6.42 Å². The molecule has 1 heterocycles. The Morgan fingerprint density at radius 2 is 2.29 bits per heavy atom. The number of carbonyl (C=O) groups excluding carboxylic acids is 1. The highest BCUT2D eigenvalue weighted by atomic mass is 127. The smallest absolute Gasteiger partial charge is 0.151 e. The van der Waals surface area contributed by atoms with E-state index in [0.717, 1.165) is 23.0 Å². The topological polar surface area (TPSA) is 17.1 Å². The summed E-state index contributed by atoms with van der Waals surface area (Å²) in [5.74, 6) is 0. The van der Waals surface area contributed by atoms with Gasteiger partial charge in [-0.2, -0.15) is 0 Å². The molecule has 0 saturated carbocycles. The lowest BCUT2D eigenvalue weighted by molar-refractivity contribution is 0.112. The van der Waals surface area contributed by atoms with Crippen molar-refractivity contribution < 1.29 is 4.79 Å². The molecule has 2 aromatic rings. The van der Waals surface area contributed by atoms with Crippen molar-refractivity contribution >= 4 is 50.3 Å². The molecule has 1 nitrogen and oxygen atoms in total. The number of halogens is 1. The molecule has 0 aliphatic rings. The number of fused-ring (bicyclic) bond motifs is 1. The van der Waals surface area contributed by atoms with Crippen molar-refractivity contribution in [2.24, 2.45) is 0 Å². The maximum absolute atomic E-state index is 10.8. The Hall–Kier alpha value is -0.420. The predicted molar refractivity (Wildman–Crippen MR) is 69.3 cm³/mol. The summed E-state index contributed by atoms with van der Waals surface area (Å²) < 4.78 is 2.43. The Balaban J connectivity index is 2.83. The molecule has 0 fully saturated rings. The molecule has 0 aliphatic carbocycles. The van der Waals surface area contributed by atoms with Crippen molar-refractivity contribution in [1.29, 1.82) is 0 Å². The van der Waals surface area contributed by atoms with Crippen molar-refractivity contribution in [2.45, 2.75) is 13.3 Å². The lowest BCUT2D eigenvalue weighted by Gasteiger charge is -1.92. The molecule has 0 N–H and O–H groups in total. The lowest BCUT2D eigenvalue weighted by Crippen LogP contribution is -1.78. The molecule has 14 heavy (non-hydrogen) atoms. The second-order valence-electron chi connectivity index (χ2n) is 3.03. The SMILES string of the molecule is CCc1sc2c(C=O)cccc2c1I. The third kappa shape index (κ3) is 1.48. The normalized spacial score (nSPS) is 10.7. The summed E-state index contributed by atoms with van der Waals surface area (Å²) in [7, 11) is 0. The number of hydrogen-bond acceptors (Lipinski definition) is 2. The fourth-order valence-corrected chi connectivity index (χ4v) is 3.93. The van der Waals surface area contributed by atoms with Gasteiger partial charge in [-0.3, -0.25) is 4.79 Å². The molecule has 2 rings (SSSR count). The van der Waals surface area contributed by atoms with E-state index in [-0.39, 0.29) is 0 Å². The molecular weight excluding hydrogens is 307 g/mol. The molecular formula is C11H9IOS. The molecule has 72 valence electrons. The van der Waals surface area contributed by atoms with E-state index in [4.69, 9.17) is 0 Å². The average molecular weight is 316 g/mol. The fourth-order valence-electron chi connectivity index (χ4n) is 1.48. The lowest BCUT2D eigenvalue weighted by atomic mass is 10.2. The molecule has 0 radical (unpaired) electrons. The summed E-state index contributed by atoms with van der Waals surface area (Å²) in [5, 5.41) is 1.22. The molecule has 0 atom stereocenters. The van der Waals surface area contributed by atoms with Gasteiger partial charge >= 0.3 is 0 Å². The van der Waals surface area contributed by atoms with Crippen LogP contribution < -0.4 is 0 Å². The van der Waals surface area contributed by atoms with E-state index in [1.807, 2.05) is 12.1 Å². The van der Waals surface area contributed by atoms with E-state index in [1.165, 1.54) is 13.8 Å². The predicted octanol–water partition coefficient (Wildman–Crippen LogP) is 3.88. The number of aryl methyl sites for hydroxylation is 1. The number of thiophene rings is 1. The van der Waals surface area contributed by atoms with Gasteiger partial charge in [0.1, 0.15) is 0 Å². The minimum Gasteiger partial charge on any atom is -0.298 e. The summed E-state index contributed by atoms with van der Waals surface area (Å²) in [4.78, 5) is 12.2. The zero-order chi connectivity index (χ0) is 10.1. The van der Waals surface area contributed by atoms with Crippen molar-refractivity contribution in [1.82, 2.24) is 0 Å². The number of carbonyl (C=O) groups is 1. The van der Waals surface area contributed by atoms with Gasteiger partial charge in [0, 0.05) is 24.1 Å². The third-order valence-corrected chi connectivity index (χ3v) is 5.20. The van der Waals surface area contributed by atoms with Gasteiger partial charge in [-0.1, -0.05) is 25.1 Å². The number of aldehydes is 1. The molecule has 0 aliphatic heterocycles. The van der Waals surface area contributed by atoms with Crippen LogP contribution in [0.5, 0.6) is 0 Å². The highest BCUT2D eigenvalue weighted by Crippen LogP contribution is 2.34. The zero-order valence-electron chi connectivity index (χ0n) is 7.71. The van der Waals surface area contributed by atoms with Crippen molar-refractivity contribution in [2.75, 3.05) is 0 Å². The van der Waals surface area contributed by atoms with Gasteiger partial charge in [-0.25, -0.2) is 0 Å². The van der Waals surface area contributed by atoms with Gasteiger partial charge in [0.15, 0.2) is 6.29 Å². The average Bonchev–Trinajstić information content (AvgIpc) is 2.55. The Morgan fingerprint density at radius 3 is 2.93 bits per heavy atom. The molecule has 0 amide bonds. The largest absolute Gasteiger partial charge is 0.298 e. The second kappa shape index (κ2) is 3.98. The third-order valence-electron chi connectivity index (χ3n) is 2.20. The van der Waals surface area contributed by atoms with Crippen molar-refractivity contribution in [3.63, 3.8) is 0 Å². The van der Waals surface area contributed by atoms with Crippen molar-refractivity contribution in [3.05, 3.63) is 32.2 Å². The fraction of sp³-hybridized carbons (Fsp3) is 0.182. The van der Waals surface area contributed by atoms with E-state index in [9.17, 15) is 4.79 Å². The van der Waals surface area contributed by atoms with Gasteiger partial charge < -0.3 is 0 Å². The summed E-state index contributed by atoms with van der Waals surface area (Å²) in [6, 6.07) is 5.90. The van der Waals surface area contributed by atoms with Gasteiger partial charge in [-0.05, 0) is 29.0 Å². The van der Waals surface area contributed by atoms with E-state index < -0.39 is 0 Å². The van der Waals surface area contributed by atoms with E-state index in [2.05, 4.69) is 35.6 Å². The maximum Gasteiger partial charge on any atom is 0.151 e. The number of benzene rings is 1. The first-order valence-corrected chi connectivity index (χ1v) is 6.32. The molecule has 1 aromatic carbocycles. The highest BCUT2D eigenvalue weighted by Gasteiger charge is 2.10. The van der Waals surface area contributed by atoms with Crippen LogP contribution in [0, 0.1) is 3.57 Å². The monoisotopic (exact) mass is 316 g/mol. The minimum absolute atomic E-state index is 0.810. The highest BCUT2D eigenvalue weighted by molar-refractivity contribution is 14.1. The Labute approximate surface area is 100 Å². The first kappa shape index (κ1) is 10.1. The zero-order valence-corrected chi connectivity index (χ0v) is 10.7. The molecule has 0 spiro atoms. The van der Waals surface area contributed by atoms with E-state index in [0.29, 0.717) is 0 Å². The first-order valence-electron chi connectivity index (χ1n) is 4.43. The Kier molecular flexibility index (Phi) is 2.88. The summed E-state index contributed by atoms with van der Waals surface area (Å²) >= 11 is 4.10. The van der Waals surface area contributed by atoms with E-state index in [1.54, 1.807) is 11.3 Å². The van der Waals surface area contributed by atoms with Crippen LogP contribution in [0.25, 0.3) is 10.1 Å². The Bertz CT molecular complexity index is 487. The van der Waals surface area contributed by atoms with Crippen LogP contribution in [0.2, 0.25) is 0 Å². The molecule has 0 bridgehead atoms. The quantitative estimate of drug-likeness (QED) is 0.607. The van der Waals surface area contributed by atoms with Crippen molar-refractivity contribution in [3.8, 4) is 0 Å². The van der Waals surface area contributed by atoms with Crippen LogP contribution in [0.1, 0.15) is 22.2 Å². The van der Waals surface area contributed by atoms with Crippen LogP contribution in [0.15, 0.2) is 18.2 Å². The minimum atomic E-state index is 0.810. The molecule has 1 aromatic heterocycles. The summed E-state index contributed by atoms with van der Waals surface area (Å²) in [6.07, 6.45) is 1.98. The first-order chi connectivity index (χ1) is 6.77. The number of hydrogen-bond donors (Lipinski definition) is 0.